The predicted octanol–water partition coefficient (Wildman–Crippen LogP) is 5.92. The fraction of sp³-hybridized carbons (Fsp3) is 0.105. The Hall–Kier alpha value is -2.23. The minimum absolute atomic E-state index is 0.0466. The molecule has 0 radical (unpaired) electrons. The average molecular weight is 361 g/mol. The quantitative estimate of drug-likeness (QED) is 0.542. The second kappa shape index (κ2) is 7.12. The highest BCUT2D eigenvalue weighted by Gasteiger charge is 2.13. The highest BCUT2D eigenvalue weighted by Crippen LogP contribution is 2.34. The van der Waals surface area contributed by atoms with Crippen LogP contribution in [0.2, 0.25) is 10.0 Å². The molecule has 0 aliphatic heterocycles. The van der Waals surface area contributed by atoms with Gasteiger partial charge in [-0.05, 0) is 43.3 Å². The first-order valence-corrected chi connectivity index (χ1v) is 8.07. The maximum Gasteiger partial charge on any atom is 0.338 e. The molecule has 3 nitrogen and oxygen atoms in total. The Morgan fingerprint density at radius 1 is 1.08 bits per heavy atom. The van der Waals surface area contributed by atoms with E-state index >= 15 is 0 Å². The Kier molecular flexibility index (Phi) is 4.93. The van der Waals surface area contributed by atoms with Crippen molar-refractivity contribution in [3.63, 3.8) is 0 Å². The zero-order valence-corrected chi connectivity index (χ0v) is 14.4. The van der Waals surface area contributed by atoms with Crippen LogP contribution in [-0.4, -0.2) is 5.97 Å². The van der Waals surface area contributed by atoms with Crippen LogP contribution in [0.15, 0.2) is 59.0 Å². The molecule has 1 aromatic heterocycles. The molecule has 0 N–H and O–H groups in total. The maximum absolute atomic E-state index is 12.0. The van der Waals surface area contributed by atoms with E-state index in [1.807, 2.05) is 25.1 Å². The van der Waals surface area contributed by atoms with Gasteiger partial charge in [-0.1, -0.05) is 47.0 Å². The molecular weight excluding hydrogens is 347 g/mol. The lowest BCUT2D eigenvalue weighted by Gasteiger charge is -2.04. The van der Waals surface area contributed by atoms with Crippen LogP contribution in [-0.2, 0) is 11.3 Å². The maximum atomic E-state index is 12.0. The van der Waals surface area contributed by atoms with Crippen LogP contribution in [0.5, 0.6) is 0 Å². The number of rotatable bonds is 4. The molecule has 2 aromatic carbocycles. The monoisotopic (exact) mass is 360 g/mol. The van der Waals surface area contributed by atoms with Crippen molar-refractivity contribution in [1.82, 2.24) is 0 Å². The molecule has 0 saturated carbocycles. The Bertz CT molecular complexity index is 884. The Morgan fingerprint density at radius 3 is 2.67 bits per heavy atom. The Morgan fingerprint density at radius 2 is 1.88 bits per heavy atom. The number of ether oxygens (including phenoxy) is 1. The number of aryl methyl sites for hydroxylation is 1. The summed E-state index contributed by atoms with van der Waals surface area (Å²) in [6.07, 6.45) is 0. The van der Waals surface area contributed by atoms with Crippen molar-refractivity contribution in [1.29, 1.82) is 0 Å². The standard InChI is InChI=1S/C19H14Cl2O3/c1-12-4-2-5-13(10-12)19(22)23-11-14-8-9-17(24-14)15-6-3-7-16(20)18(15)21/h2-10H,11H2,1H3. The number of halogens is 2. The number of hydrogen-bond donors (Lipinski definition) is 0. The second-order valence-electron chi connectivity index (χ2n) is 5.31. The first-order valence-electron chi connectivity index (χ1n) is 7.31. The summed E-state index contributed by atoms with van der Waals surface area (Å²) in [7, 11) is 0. The van der Waals surface area contributed by atoms with Gasteiger partial charge in [-0.2, -0.15) is 0 Å². The minimum atomic E-state index is -0.391. The molecule has 3 aromatic rings. The fourth-order valence-corrected chi connectivity index (χ4v) is 2.68. The first kappa shape index (κ1) is 16.6. The molecule has 3 rings (SSSR count). The third-order valence-corrected chi connectivity index (χ3v) is 4.30. The summed E-state index contributed by atoms with van der Waals surface area (Å²) in [5.41, 5.74) is 2.21. The lowest BCUT2D eigenvalue weighted by molar-refractivity contribution is 0.0446. The molecule has 0 bridgehead atoms. The van der Waals surface area contributed by atoms with E-state index in [1.165, 1.54) is 0 Å². The molecule has 0 aliphatic carbocycles. The van der Waals surface area contributed by atoms with Crippen LogP contribution in [0.25, 0.3) is 11.3 Å². The van der Waals surface area contributed by atoms with E-state index < -0.39 is 5.97 Å². The van der Waals surface area contributed by atoms with Gasteiger partial charge in [-0.15, -0.1) is 0 Å². The van der Waals surface area contributed by atoms with Gasteiger partial charge < -0.3 is 9.15 Å². The van der Waals surface area contributed by atoms with Crippen LogP contribution in [0, 0.1) is 6.92 Å². The van der Waals surface area contributed by atoms with Gasteiger partial charge in [0.2, 0.25) is 0 Å². The van der Waals surface area contributed by atoms with Crippen LogP contribution >= 0.6 is 23.2 Å². The normalized spacial score (nSPS) is 10.6. The van der Waals surface area contributed by atoms with Gasteiger partial charge in [-0.3, -0.25) is 0 Å². The molecule has 0 spiro atoms. The fourth-order valence-electron chi connectivity index (χ4n) is 2.29. The van der Waals surface area contributed by atoms with Crippen molar-refractivity contribution >= 4 is 29.2 Å². The highest BCUT2D eigenvalue weighted by atomic mass is 35.5. The van der Waals surface area contributed by atoms with Crippen molar-refractivity contribution in [2.24, 2.45) is 0 Å². The van der Waals surface area contributed by atoms with E-state index in [1.54, 1.807) is 36.4 Å². The summed E-state index contributed by atoms with van der Waals surface area (Å²) in [5.74, 6) is 0.712. The molecule has 0 unspecified atom stereocenters. The van der Waals surface area contributed by atoms with Crippen molar-refractivity contribution in [3.8, 4) is 11.3 Å². The topological polar surface area (TPSA) is 39.4 Å². The third-order valence-electron chi connectivity index (χ3n) is 3.48. The number of carbonyl (C=O) groups excluding carboxylic acids is 1. The van der Waals surface area contributed by atoms with Gasteiger partial charge in [0.1, 0.15) is 18.1 Å². The largest absolute Gasteiger partial charge is 0.457 e. The zero-order valence-electron chi connectivity index (χ0n) is 12.9. The van der Waals surface area contributed by atoms with Gasteiger partial charge >= 0.3 is 5.97 Å². The molecule has 24 heavy (non-hydrogen) atoms. The smallest absolute Gasteiger partial charge is 0.338 e. The number of hydrogen-bond acceptors (Lipinski definition) is 3. The number of carbonyl (C=O) groups is 1. The van der Waals surface area contributed by atoms with Gasteiger partial charge in [0.15, 0.2) is 0 Å². The number of benzene rings is 2. The van der Waals surface area contributed by atoms with E-state index in [9.17, 15) is 4.79 Å². The SMILES string of the molecule is Cc1cccc(C(=O)OCc2ccc(-c3cccc(Cl)c3Cl)o2)c1. The molecule has 0 saturated heterocycles. The number of esters is 1. The number of furan rings is 1. The van der Waals surface area contributed by atoms with E-state index in [2.05, 4.69) is 0 Å². The summed E-state index contributed by atoms with van der Waals surface area (Å²) in [6.45, 7) is 1.97. The van der Waals surface area contributed by atoms with E-state index in [0.717, 1.165) is 5.56 Å². The summed E-state index contributed by atoms with van der Waals surface area (Å²) in [5, 5.41) is 0.884. The van der Waals surface area contributed by atoms with Gasteiger partial charge in [-0.25, -0.2) is 4.79 Å². The molecule has 5 heteroatoms. The molecule has 122 valence electrons. The summed E-state index contributed by atoms with van der Waals surface area (Å²) in [4.78, 5) is 12.0. The lowest BCUT2D eigenvalue weighted by atomic mass is 10.1. The molecule has 0 amide bonds. The highest BCUT2D eigenvalue weighted by molar-refractivity contribution is 6.43. The molecule has 0 atom stereocenters. The summed E-state index contributed by atoms with van der Waals surface area (Å²) in [6, 6.07) is 16.1. The van der Waals surface area contributed by atoms with Crippen LogP contribution in [0.1, 0.15) is 21.7 Å². The van der Waals surface area contributed by atoms with Crippen LogP contribution in [0.3, 0.4) is 0 Å². The van der Waals surface area contributed by atoms with E-state index in [4.69, 9.17) is 32.4 Å². The van der Waals surface area contributed by atoms with Crippen molar-refractivity contribution in [2.75, 3.05) is 0 Å². The molecule has 1 heterocycles. The second-order valence-corrected chi connectivity index (χ2v) is 6.10. The molecular formula is C19H14Cl2O3. The summed E-state index contributed by atoms with van der Waals surface area (Å²) < 4.78 is 11.0. The van der Waals surface area contributed by atoms with Crippen LogP contribution < -0.4 is 0 Å². The van der Waals surface area contributed by atoms with E-state index in [0.29, 0.717) is 32.7 Å². The van der Waals surface area contributed by atoms with Crippen molar-refractivity contribution < 1.29 is 13.9 Å². The first-order chi connectivity index (χ1) is 11.5. The van der Waals surface area contributed by atoms with E-state index in [-0.39, 0.29) is 6.61 Å². The third kappa shape index (κ3) is 3.64. The minimum Gasteiger partial charge on any atom is -0.457 e. The lowest BCUT2D eigenvalue weighted by Crippen LogP contribution is -2.04. The van der Waals surface area contributed by atoms with Crippen LogP contribution in [0.4, 0.5) is 0 Å². The van der Waals surface area contributed by atoms with Gasteiger partial charge in [0.05, 0.1) is 15.6 Å². The van der Waals surface area contributed by atoms with Crippen molar-refractivity contribution in [2.45, 2.75) is 13.5 Å². The predicted molar refractivity (Wildman–Crippen MR) is 94.5 cm³/mol. The average Bonchev–Trinajstić information content (AvgIpc) is 3.04. The molecule has 0 fully saturated rings. The Balaban J connectivity index is 1.70. The Labute approximate surface area is 149 Å². The summed E-state index contributed by atoms with van der Waals surface area (Å²) >= 11 is 12.2. The van der Waals surface area contributed by atoms with Crippen molar-refractivity contribution in [3.05, 3.63) is 81.5 Å². The van der Waals surface area contributed by atoms with Gasteiger partial charge in [0, 0.05) is 5.56 Å². The van der Waals surface area contributed by atoms with Gasteiger partial charge in [0.25, 0.3) is 0 Å². The zero-order chi connectivity index (χ0) is 17.1. The molecule has 0 aliphatic rings.